The number of imidazole rings is 1. The van der Waals surface area contributed by atoms with Crippen molar-refractivity contribution in [3.05, 3.63) is 65.0 Å². The number of piperidine rings is 1. The molecule has 1 saturated heterocycles. The number of aryl methyl sites for hydroxylation is 1. The number of para-hydroxylation sites is 1. The van der Waals surface area contributed by atoms with Gasteiger partial charge in [-0.2, -0.15) is 22.0 Å². The van der Waals surface area contributed by atoms with Crippen LogP contribution in [0.4, 0.5) is 42.4 Å². The summed E-state index contributed by atoms with van der Waals surface area (Å²) < 4.78 is 97.5. The highest BCUT2D eigenvalue weighted by Gasteiger charge is 2.60. The van der Waals surface area contributed by atoms with Crippen LogP contribution in [0, 0.1) is 6.92 Å². The van der Waals surface area contributed by atoms with E-state index in [2.05, 4.69) is 15.3 Å². The fraction of sp³-hybridized carbons (Fsp3) is 0.370. The van der Waals surface area contributed by atoms with Crippen molar-refractivity contribution in [2.45, 2.75) is 50.8 Å². The number of halogens is 7. The van der Waals surface area contributed by atoms with Crippen LogP contribution in [0.15, 0.2) is 42.6 Å². The number of carboxylic acids is 1. The lowest BCUT2D eigenvalue weighted by Gasteiger charge is -2.33. The molecule has 4 aromatic rings. The first-order valence-electron chi connectivity index (χ1n) is 12.6. The second-order valence-corrected chi connectivity index (χ2v) is 10.1. The normalized spacial score (nSPS) is 16.8. The minimum Gasteiger partial charge on any atom is -0.478 e. The van der Waals surface area contributed by atoms with Crippen molar-refractivity contribution in [2.24, 2.45) is 0 Å². The maximum Gasteiger partial charge on any atom is 0.459 e. The van der Waals surface area contributed by atoms with Gasteiger partial charge in [0.05, 0.1) is 17.1 Å². The molecular formula is C27H24F7N5O2. The quantitative estimate of drug-likeness (QED) is 0.239. The van der Waals surface area contributed by atoms with E-state index in [4.69, 9.17) is 0 Å². The minimum absolute atomic E-state index is 0.00567. The number of nitrogens with zero attached hydrogens (tertiary/aromatic N) is 4. The fourth-order valence-corrected chi connectivity index (χ4v) is 4.97. The number of fused-ring (bicyclic) bond motifs is 3. The van der Waals surface area contributed by atoms with E-state index in [9.17, 15) is 40.6 Å². The van der Waals surface area contributed by atoms with Crippen LogP contribution in [0.5, 0.6) is 0 Å². The lowest BCUT2D eigenvalue weighted by Crippen LogP contribution is -2.40. The Kier molecular flexibility index (Phi) is 6.77. The highest BCUT2D eigenvalue weighted by atomic mass is 19.4. The van der Waals surface area contributed by atoms with E-state index in [1.807, 2.05) is 0 Å². The summed E-state index contributed by atoms with van der Waals surface area (Å²) in [5.74, 6) is -9.51. The molecule has 0 radical (unpaired) electrons. The lowest BCUT2D eigenvalue weighted by atomic mass is 10.0. The smallest absolute Gasteiger partial charge is 0.459 e. The van der Waals surface area contributed by atoms with Crippen LogP contribution in [0.2, 0.25) is 0 Å². The third kappa shape index (κ3) is 5.10. The van der Waals surface area contributed by atoms with Crippen LogP contribution >= 0.6 is 0 Å². The van der Waals surface area contributed by atoms with Gasteiger partial charge in [0.1, 0.15) is 11.3 Å². The van der Waals surface area contributed by atoms with Gasteiger partial charge in [-0.1, -0.05) is 18.2 Å². The van der Waals surface area contributed by atoms with Crippen molar-refractivity contribution in [2.75, 3.05) is 23.3 Å². The first kappa shape index (κ1) is 28.4. The zero-order chi connectivity index (χ0) is 29.9. The number of benzene rings is 2. The zero-order valence-electron chi connectivity index (χ0n) is 21.7. The number of rotatable bonds is 6. The fourth-order valence-electron chi connectivity index (χ4n) is 4.97. The molecule has 0 saturated carbocycles. The monoisotopic (exact) mass is 583 g/mol. The standard InChI is InChI=1S/C27H24F7N5O2/c1-14-11-17(15(2)35-19-6-4-3-5-16(19)23(40)41)21-18(12-14)22-36-20(26(30,31)27(32,33)34)13-39(22)24(37-21)38-9-7-25(28,29)8-10-38/h3-6,11-13,15,35H,7-10H2,1-2H3,(H,40,41). The number of aromatic nitrogens is 3. The summed E-state index contributed by atoms with van der Waals surface area (Å²) in [7, 11) is 0. The molecule has 1 atom stereocenters. The largest absolute Gasteiger partial charge is 0.478 e. The molecule has 2 N–H and O–H groups in total. The van der Waals surface area contributed by atoms with Gasteiger partial charge in [-0.05, 0) is 37.6 Å². The van der Waals surface area contributed by atoms with Crippen LogP contribution in [0.25, 0.3) is 16.6 Å². The predicted octanol–water partition coefficient (Wildman–Crippen LogP) is 6.95. The summed E-state index contributed by atoms with van der Waals surface area (Å²) in [5.41, 5.74) is -0.247. The van der Waals surface area contributed by atoms with Gasteiger partial charge >= 0.3 is 18.1 Å². The molecule has 14 heteroatoms. The van der Waals surface area contributed by atoms with Crippen molar-refractivity contribution < 1.29 is 40.6 Å². The van der Waals surface area contributed by atoms with Crippen molar-refractivity contribution in [1.82, 2.24) is 14.4 Å². The molecule has 1 aliphatic heterocycles. The Bertz CT molecular complexity index is 1640. The average Bonchev–Trinajstić information content (AvgIpc) is 3.34. The number of hydrogen-bond acceptors (Lipinski definition) is 5. The number of anilines is 2. The molecule has 1 unspecified atom stereocenters. The lowest BCUT2D eigenvalue weighted by molar-refractivity contribution is -0.290. The molecule has 1 fully saturated rings. The van der Waals surface area contributed by atoms with Crippen molar-refractivity contribution >= 4 is 34.2 Å². The van der Waals surface area contributed by atoms with Crippen LogP contribution in [0.1, 0.15) is 53.0 Å². The molecule has 3 heterocycles. The third-order valence-corrected chi connectivity index (χ3v) is 7.11. The first-order valence-corrected chi connectivity index (χ1v) is 12.6. The number of aromatic carboxylic acids is 1. The van der Waals surface area contributed by atoms with Crippen LogP contribution in [-0.2, 0) is 5.92 Å². The molecule has 2 aromatic carbocycles. The van der Waals surface area contributed by atoms with E-state index >= 15 is 0 Å². The Balaban J connectivity index is 1.72. The summed E-state index contributed by atoms with van der Waals surface area (Å²) in [6.45, 7) is 2.95. The highest BCUT2D eigenvalue weighted by molar-refractivity contribution is 5.96. The Hall–Kier alpha value is -4.10. The van der Waals surface area contributed by atoms with Gasteiger partial charge in [-0.15, -0.1) is 0 Å². The molecule has 0 aliphatic carbocycles. The van der Waals surface area contributed by atoms with E-state index in [0.29, 0.717) is 17.3 Å². The number of hydrogen-bond donors (Lipinski definition) is 2. The second kappa shape index (κ2) is 9.77. The number of carbonyl (C=O) groups is 1. The Morgan fingerprint density at radius 2 is 1.73 bits per heavy atom. The Morgan fingerprint density at radius 1 is 1.07 bits per heavy atom. The molecular weight excluding hydrogens is 559 g/mol. The Labute approximate surface area is 228 Å². The van der Waals surface area contributed by atoms with Crippen molar-refractivity contribution in [3.8, 4) is 0 Å². The zero-order valence-corrected chi connectivity index (χ0v) is 21.7. The Morgan fingerprint density at radius 3 is 2.37 bits per heavy atom. The molecule has 0 amide bonds. The van der Waals surface area contributed by atoms with E-state index in [1.54, 1.807) is 38.1 Å². The maximum atomic E-state index is 14.4. The van der Waals surface area contributed by atoms with Gasteiger partial charge in [0.2, 0.25) is 5.95 Å². The van der Waals surface area contributed by atoms with Crippen LogP contribution < -0.4 is 10.2 Å². The molecule has 0 bridgehead atoms. The summed E-state index contributed by atoms with van der Waals surface area (Å²) >= 11 is 0. The van der Waals surface area contributed by atoms with Gasteiger partial charge < -0.3 is 15.3 Å². The van der Waals surface area contributed by atoms with E-state index in [-0.39, 0.29) is 46.8 Å². The number of nitrogens with one attached hydrogen (secondary N) is 1. The van der Waals surface area contributed by atoms with Gasteiger partial charge in [-0.25, -0.2) is 23.5 Å². The van der Waals surface area contributed by atoms with E-state index in [0.717, 1.165) is 4.40 Å². The topological polar surface area (TPSA) is 82.8 Å². The number of carboxylic acid groups (broad SMARTS) is 1. The molecule has 41 heavy (non-hydrogen) atoms. The van der Waals surface area contributed by atoms with Gasteiger partial charge in [0.25, 0.3) is 5.92 Å². The van der Waals surface area contributed by atoms with Crippen LogP contribution in [0.3, 0.4) is 0 Å². The maximum absolute atomic E-state index is 14.4. The second-order valence-electron chi connectivity index (χ2n) is 10.1. The summed E-state index contributed by atoms with van der Waals surface area (Å²) in [6, 6.07) is 8.78. The summed E-state index contributed by atoms with van der Waals surface area (Å²) in [4.78, 5) is 21.4. The molecule has 5 rings (SSSR count). The SMILES string of the molecule is Cc1cc(C(C)Nc2ccccc2C(=O)O)c2nc(N3CCC(F)(F)CC3)n3cc(C(F)(F)C(F)(F)F)nc3c2c1. The van der Waals surface area contributed by atoms with Gasteiger partial charge in [-0.3, -0.25) is 4.40 Å². The van der Waals surface area contributed by atoms with Crippen LogP contribution in [-0.4, -0.2) is 50.6 Å². The van der Waals surface area contributed by atoms with Gasteiger partial charge in [0, 0.05) is 48.8 Å². The van der Waals surface area contributed by atoms with Crippen molar-refractivity contribution in [3.63, 3.8) is 0 Å². The summed E-state index contributed by atoms with van der Waals surface area (Å²) in [5, 5.41) is 12.8. The molecule has 7 nitrogen and oxygen atoms in total. The highest BCUT2D eigenvalue weighted by Crippen LogP contribution is 2.44. The molecule has 0 spiro atoms. The number of alkyl halides is 7. The van der Waals surface area contributed by atoms with E-state index in [1.165, 1.54) is 17.0 Å². The molecule has 2 aromatic heterocycles. The van der Waals surface area contributed by atoms with Crippen molar-refractivity contribution in [1.29, 1.82) is 0 Å². The molecule has 218 valence electrons. The molecule has 1 aliphatic rings. The summed E-state index contributed by atoms with van der Waals surface area (Å²) in [6.07, 6.45) is -6.49. The minimum atomic E-state index is -5.92. The first-order chi connectivity index (χ1) is 19.1. The van der Waals surface area contributed by atoms with Gasteiger partial charge in [0.15, 0.2) is 0 Å². The predicted molar refractivity (Wildman–Crippen MR) is 137 cm³/mol. The average molecular weight is 584 g/mol. The van der Waals surface area contributed by atoms with E-state index < -0.39 is 48.6 Å². The third-order valence-electron chi connectivity index (χ3n) is 7.11.